The van der Waals surface area contributed by atoms with E-state index in [-0.39, 0.29) is 23.6 Å². The second-order valence-corrected chi connectivity index (χ2v) is 5.86. The molecule has 1 aromatic carbocycles. The highest BCUT2D eigenvalue weighted by atomic mass is 19.1. The van der Waals surface area contributed by atoms with Crippen LogP contribution < -0.4 is 5.32 Å². The van der Waals surface area contributed by atoms with Crippen LogP contribution in [0, 0.1) is 11.7 Å². The number of carbonyl (C=O) groups is 1. The van der Waals surface area contributed by atoms with Crippen molar-refractivity contribution in [2.45, 2.75) is 12.3 Å². The largest absolute Gasteiger partial charge is 0.324 e. The van der Waals surface area contributed by atoms with Crippen LogP contribution in [0.1, 0.15) is 17.9 Å². The third-order valence-corrected chi connectivity index (χ3v) is 4.21. The van der Waals surface area contributed by atoms with Crippen LogP contribution in [-0.4, -0.2) is 20.4 Å². The number of rotatable bonds is 4. The average Bonchev–Trinajstić information content (AvgIpc) is 3.21. The molecule has 24 heavy (non-hydrogen) atoms. The van der Waals surface area contributed by atoms with Crippen LogP contribution in [-0.2, 0) is 4.79 Å². The Hall–Kier alpha value is -3.02. The van der Waals surface area contributed by atoms with Crippen LogP contribution in [0.3, 0.4) is 0 Å². The van der Waals surface area contributed by atoms with Crippen molar-refractivity contribution in [1.29, 1.82) is 0 Å². The Morgan fingerprint density at radius 1 is 1.21 bits per heavy atom. The number of aromatic nitrogens is 3. The van der Waals surface area contributed by atoms with Gasteiger partial charge in [-0.3, -0.25) is 9.36 Å². The number of hydrogen-bond acceptors (Lipinski definition) is 3. The molecule has 0 unspecified atom stereocenters. The summed E-state index contributed by atoms with van der Waals surface area (Å²) in [5.74, 6) is 0.555. The van der Waals surface area contributed by atoms with Gasteiger partial charge >= 0.3 is 0 Å². The molecule has 0 radical (unpaired) electrons. The van der Waals surface area contributed by atoms with Gasteiger partial charge in [-0.2, -0.15) is 0 Å². The summed E-state index contributed by atoms with van der Waals surface area (Å²) >= 11 is 0. The molecule has 2 atom stereocenters. The Kier molecular flexibility index (Phi) is 3.57. The summed E-state index contributed by atoms with van der Waals surface area (Å²) in [5.41, 5.74) is 1.67. The number of hydrogen-bond donors (Lipinski definition) is 1. The van der Waals surface area contributed by atoms with E-state index in [0.29, 0.717) is 5.69 Å². The molecular formula is C18H15FN4O. The van der Waals surface area contributed by atoms with E-state index >= 15 is 0 Å². The van der Waals surface area contributed by atoms with Crippen LogP contribution in [0.5, 0.6) is 0 Å². The van der Waals surface area contributed by atoms with Crippen molar-refractivity contribution in [2.24, 2.45) is 5.92 Å². The maximum absolute atomic E-state index is 13.0. The van der Waals surface area contributed by atoms with Crippen LogP contribution in [0.25, 0.3) is 5.82 Å². The number of carbonyl (C=O) groups excluding carboxylic acids is 1. The fraction of sp³-hybridized carbons (Fsp3) is 0.167. The number of anilines is 1. The number of nitrogens with one attached hydrogen (secondary N) is 1. The zero-order chi connectivity index (χ0) is 16.5. The summed E-state index contributed by atoms with van der Waals surface area (Å²) < 4.78 is 14.7. The molecule has 1 aliphatic carbocycles. The topological polar surface area (TPSA) is 59.8 Å². The number of nitrogens with zero attached hydrogens (tertiary/aromatic N) is 3. The van der Waals surface area contributed by atoms with Gasteiger partial charge in [0, 0.05) is 18.3 Å². The summed E-state index contributed by atoms with van der Waals surface area (Å²) in [6.07, 6.45) is 7.57. The van der Waals surface area contributed by atoms with E-state index in [1.54, 1.807) is 41.6 Å². The zero-order valence-corrected chi connectivity index (χ0v) is 12.8. The number of halogens is 1. The molecule has 1 N–H and O–H groups in total. The van der Waals surface area contributed by atoms with Crippen LogP contribution in [0.2, 0.25) is 0 Å². The monoisotopic (exact) mass is 322 g/mol. The third-order valence-electron chi connectivity index (χ3n) is 4.21. The Bertz CT molecular complexity index is 844. The summed E-state index contributed by atoms with van der Waals surface area (Å²) in [6, 6.07) is 9.99. The lowest BCUT2D eigenvalue weighted by atomic mass is 10.1. The van der Waals surface area contributed by atoms with Crippen molar-refractivity contribution in [3.05, 3.63) is 72.7 Å². The van der Waals surface area contributed by atoms with Crippen molar-refractivity contribution in [3.63, 3.8) is 0 Å². The molecule has 0 saturated heterocycles. The van der Waals surface area contributed by atoms with Gasteiger partial charge in [-0.15, -0.1) is 0 Å². The molecule has 4 rings (SSSR count). The first-order chi connectivity index (χ1) is 11.7. The second-order valence-electron chi connectivity index (χ2n) is 5.86. The van der Waals surface area contributed by atoms with Crippen LogP contribution in [0.4, 0.5) is 10.1 Å². The van der Waals surface area contributed by atoms with E-state index in [1.807, 2.05) is 12.1 Å². The lowest BCUT2D eigenvalue weighted by molar-refractivity contribution is -0.117. The number of amides is 1. The summed E-state index contributed by atoms with van der Waals surface area (Å²) in [6.45, 7) is 0. The lowest BCUT2D eigenvalue weighted by Gasteiger charge is -2.06. The molecular weight excluding hydrogens is 307 g/mol. The van der Waals surface area contributed by atoms with Crippen molar-refractivity contribution >= 4 is 11.6 Å². The van der Waals surface area contributed by atoms with Gasteiger partial charge in [-0.05, 0) is 42.2 Å². The summed E-state index contributed by atoms with van der Waals surface area (Å²) in [5, 5.41) is 2.89. The number of pyridine rings is 1. The molecule has 2 aromatic heterocycles. The van der Waals surface area contributed by atoms with E-state index in [0.717, 1.165) is 17.8 Å². The Labute approximate surface area is 138 Å². The molecule has 2 heterocycles. The second kappa shape index (κ2) is 5.88. The van der Waals surface area contributed by atoms with Crippen molar-refractivity contribution < 1.29 is 9.18 Å². The minimum absolute atomic E-state index is 0.0264. The molecule has 1 saturated carbocycles. The molecule has 0 bridgehead atoms. The van der Waals surface area contributed by atoms with E-state index < -0.39 is 0 Å². The molecule has 0 spiro atoms. The molecule has 1 amide bonds. The first-order valence-electron chi connectivity index (χ1n) is 7.71. The smallest absolute Gasteiger partial charge is 0.228 e. The van der Waals surface area contributed by atoms with E-state index in [4.69, 9.17) is 0 Å². The van der Waals surface area contributed by atoms with Gasteiger partial charge in [-0.25, -0.2) is 14.4 Å². The van der Waals surface area contributed by atoms with Gasteiger partial charge in [0.25, 0.3) is 0 Å². The predicted molar refractivity (Wildman–Crippen MR) is 87.2 cm³/mol. The normalized spacial score (nSPS) is 19.0. The van der Waals surface area contributed by atoms with Crippen LogP contribution in [0.15, 0.2) is 61.3 Å². The number of imidazole rings is 1. The van der Waals surface area contributed by atoms with Gasteiger partial charge in [0.05, 0.1) is 11.9 Å². The molecule has 0 aliphatic heterocycles. The van der Waals surface area contributed by atoms with Crippen molar-refractivity contribution in [3.8, 4) is 5.82 Å². The summed E-state index contributed by atoms with van der Waals surface area (Å²) in [7, 11) is 0. The van der Waals surface area contributed by atoms with Gasteiger partial charge in [0.15, 0.2) is 0 Å². The van der Waals surface area contributed by atoms with E-state index in [1.165, 1.54) is 12.1 Å². The van der Waals surface area contributed by atoms with Crippen molar-refractivity contribution in [2.75, 3.05) is 5.32 Å². The van der Waals surface area contributed by atoms with E-state index in [2.05, 4.69) is 15.3 Å². The van der Waals surface area contributed by atoms with Crippen LogP contribution >= 0.6 is 0 Å². The average molecular weight is 322 g/mol. The maximum atomic E-state index is 13.0. The van der Waals surface area contributed by atoms with Gasteiger partial charge < -0.3 is 5.32 Å². The maximum Gasteiger partial charge on any atom is 0.228 e. The van der Waals surface area contributed by atoms with Gasteiger partial charge in [0.1, 0.15) is 18.0 Å². The third kappa shape index (κ3) is 2.90. The Morgan fingerprint density at radius 3 is 2.71 bits per heavy atom. The summed E-state index contributed by atoms with van der Waals surface area (Å²) in [4.78, 5) is 20.6. The quantitative estimate of drug-likeness (QED) is 0.803. The first kappa shape index (κ1) is 14.6. The molecule has 3 aromatic rings. The molecule has 5 nitrogen and oxygen atoms in total. The van der Waals surface area contributed by atoms with E-state index in [9.17, 15) is 9.18 Å². The fourth-order valence-electron chi connectivity index (χ4n) is 2.81. The molecule has 120 valence electrons. The van der Waals surface area contributed by atoms with Gasteiger partial charge in [0.2, 0.25) is 5.91 Å². The standard InChI is InChI=1S/C18H15FN4O/c19-13-3-1-12(2-4-13)15-9-16(15)18(24)22-14-5-6-17(21-10-14)23-8-7-20-11-23/h1-8,10-11,15-16H,9H2,(H,22,24)/t15-,16-/m0/s1. The minimum Gasteiger partial charge on any atom is -0.324 e. The highest BCUT2D eigenvalue weighted by Gasteiger charge is 2.43. The SMILES string of the molecule is O=C(Nc1ccc(-n2ccnc2)nc1)[C@H]1C[C@H]1c1ccc(F)cc1. The Balaban J connectivity index is 1.39. The molecule has 1 aliphatic rings. The predicted octanol–water partition coefficient (Wildman–Crippen LogP) is 3.15. The minimum atomic E-state index is -0.260. The Morgan fingerprint density at radius 2 is 2.04 bits per heavy atom. The highest BCUT2D eigenvalue weighted by molar-refractivity contribution is 5.95. The van der Waals surface area contributed by atoms with Crippen molar-refractivity contribution in [1.82, 2.24) is 14.5 Å². The zero-order valence-electron chi connectivity index (χ0n) is 12.8. The highest BCUT2D eigenvalue weighted by Crippen LogP contribution is 2.47. The fourth-order valence-corrected chi connectivity index (χ4v) is 2.81. The molecule has 1 fully saturated rings. The molecule has 6 heteroatoms. The number of benzene rings is 1. The lowest BCUT2D eigenvalue weighted by Crippen LogP contribution is -2.14. The van der Waals surface area contributed by atoms with Gasteiger partial charge in [-0.1, -0.05) is 12.1 Å². The first-order valence-corrected chi connectivity index (χ1v) is 7.71.